The second-order valence-corrected chi connectivity index (χ2v) is 4.31. The van der Waals surface area contributed by atoms with Crippen LogP contribution in [0.5, 0.6) is 0 Å². The number of nitrogens with zero attached hydrogens (tertiary/aromatic N) is 2. The fraction of sp³-hybridized carbons (Fsp3) is 0.556. The van der Waals surface area contributed by atoms with E-state index in [0.29, 0.717) is 11.6 Å². The molecule has 1 heterocycles. The third-order valence-electron chi connectivity index (χ3n) is 2.00. The van der Waals surface area contributed by atoms with Crippen molar-refractivity contribution in [2.75, 3.05) is 5.32 Å². The fourth-order valence-corrected chi connectivity index (χ4v) is 1.75. The number of carbonyl (C=O) groups is 2. The van der Waals surface area contributed by atoms with E-state index >= 15 is 0 Å². The third kappa shape index (κ3) is 3.99. The number of aryl methyl sites for hydroxylation is 1. The highest BCUT2D eigenvalue weighted by molar-refractivity contribution is 7.15. The van der Waals surface area contributed by atoms with Gasteiger partial charge in [-0.15, -0.1) is 10.2 Å². The number of aliphatic carboxylic acids is 1. The van der Waals surface area contributed by atoms with Gasteiger partial charge in [0.25, 0.3) is 0 Å². The van der Waals surface area contributed by atoms with Crippen LogP contribution in [-0.4, -0.2) is 33.3 Å². The van der Waals surface area contributed by atoms with Gasteiger partial charge in [-0.2, -0.15) is 0 Å². The summed E-state index contributed by atoms with van der Waals surface area (Å²) in [7, 11) is 0. The van der Waals surface area contributed by atoms with Gasteiger partial charge >= 0.3 is 12.0 Å². The second-order valence-electron chi connectivity index (χ2n) is 3.25. The number of carboxylic acid groups (broad SMARTS) is 1. The van der Waals surface area contributed by atoms with Crippen molar-refractivity contribution in [2.24, 2.45) is 0 Å². The molecular formula is C9H14N4O3S. The summed E-state index contributed by atoms with van der Waals surface area (Å²) in [5, 5.41) is 22.3. The first-order valence-electron chi connectivity index (χ1n) is 5.19. The zero-order valence-electron chi connectivity index (χ0n) is 9.56. The predicted octanol–water partition coefficient (Wildman–Crippen LogP) is 1.09. The summed E-state index contributed by atoms with van der Waals surface area (Å²) < 4.78 is 0. The maximum Gasteiger partial charge on any atom is 0.326 e. The Labute approximate surface area is 102 Å². The van der Waals surface area contributed by atoms with Gasteiger partial charge in [0.1, 0.15) is 11.0 Å². The lowest BCUT2D eigenvalue weighted by atomic mass is 10.2. The summed E-state index contributed by atoms with van der Waals surface area (Å²) >= 11 is 1.26. The van der Waals surface area contributed by atoms with Crippen LogP contribution in [0, 0.1) is 0 Å². The molecule has 7 nitrogen and oxygen atoms in total. The summed E-state index contributed by atoms with van der Waals surface area (Å²) in [6, 6.07) is -1.48. The topological polar surface area (TPSA) is 104 Å². The zero-order chi connectivity index (χ0) is 12.8. The minimum atomic E-state index is -1.06. The first-order valence-corrected chi connectivity index (χ1v) is 6.01. The van der Waals surface area contributed by atoms with Crippen LogP contribution in [0.25, 0.3) is 0 Å². The Morgan fingerprint density at radius 1 is 1.41 bits per heavy atom. The van der Waals surface area contributed by atoms with E-state index in [4.69, 9.17) is 5.11 Å². The van der Waals surface area contributed by atoms with E-state index in [0.717, 1.165) is 11.4 Å². The van der Waals surface area contributed by atoms with Crippen molar-refractivity contribution in [1.82, 2.24) is 15.5 Å². The van der Waals surface area contributed by atoms with Crippen molar-refractivity contribution in [2.45, 2.75) is 32.7 Å². The summed E-state index contributed by atoms with van der Waals surface area (Å²) in [6.45, 7) is 3.61. The monoisotopic (exact) mass is 258 g/mol. The minimum Gasteiger partial charge on any atom is -0.480 e. The maximum atomic E-state index is 11.4. The Balaban J connectivity index is 2.51. The average molecular weight is 258 g/mol. The van der Waals surface area contributed by atoms with Crippen LogP contribution in [0.3, 0.4) is 0 Å². The number of carboxylic acids is 1. The number of carbonyl (C=O) groups excluding carboxylic acids is 1. The Kier molecular flexibility index (Phi) is 4.83. The largest absolute Gasteiger partial charge is 0.480 e. The molecule has 17 heavy (non-hydrogen) atoms. The molecule has 94 valence electrons. The molecule has 3 N–H and O–H groups in total. The molecule has 1 aromatic heterocycles. The maximum absolute atomic E-state index is 11.4. The number of aromatic nitrogens is 2. The molecule has 1 aromatic rings. The number of anilines is 1. The smallest absolute Gasteiger partial charge is 0.326 e. The van der Waals surface area contributed by atoms with Gasteiger partial charge in [0.05, 0.1) is 0 Å². The van der Waals surface area contributed by atoms with Crippen LogP contribution >= 0.6 is 11.3 Å². The predicted molar refractivity (Wildman–Crippen MR) is 63.2 cm³/mol. The van der Waals surface area contributed by atoms with Gasteiger partial charge < -0.3 is 10.4 Å². The highest BCUT2D eigenvalue weighted by Gasteiger charge is 2.18. The van der Waals surface area contributed by atoms with E-state index in [1.54, 1.807) is 6.92 Å². The number of hydrogen-bond donors (Lipinski definition) is 3. The van der Waals surface area contributed by atoms with Gasteiger partial charge in [0.2, 0.25) is 5.13 Å². The summed E-state index contributed by atoms with van der Waals surface area (Å²) in [5.41, 5.74) is 0. The first-order chi connectivity index (χ1) is 8.06. The van der Waals surface area contributed by atoms with E-state index in [9.17, 15) is 9.59 Å². The molecule has 0 radical (unpaired) electrons. The minimum absolute atomic E-state index is 0.319. The average Bonchev–Trinajstić information content (AvgIpc) is 2.73. The molecule has 0 fully saturated rings. The van der Waals surface area contributed by atoms with Crippen molar-refractivity contribution in [3.63, 3.8) is 0 Å². The molecule has 0 bridgehead atoms. The molecule has 0 aliphatic rings. The first kappa shape index (κ1) is 13.4. The van der Waals surface area contributed by atoms with Crippen LogP contribution in [0.4, 0.5) is 9.93 Å². The number of urea groups is 1. The van der Waals surface area contributed by atoms with Crippen molar-refractivity contribution in [3.05, 3.63) is 5.01 Å². The van der Waals surface area contributed by atoms with Gasteiger partial charge in [0, 0.05) is 0 Å². The molecule has 8 heteroatoms. The normalized spacial score (nSPS) is 11.9. The van der Waals surface area contributed by atoms with E-state index in [1.165, 1.54) is 11.3 Å². The van der Waals surface area contributed by atoms with Crippen LogP contribution in [0.1, 0.15) is 25.3 Å². The zero-order valence-corrected chi connectivity index (χ0v) is 10.4. The molecule has 1 atom stereocenters. The van der Waals surface area contributed by atoms with Gasteiger partial charge in [-0.1, -0.05) is 25.2 Å². The molecule has 0 aliphatic heterocycles. The van der Waals surface area contributed by atoms with Crippen LogP contribution < -0.4 is 10.6 Å². The molecule has 2 amide bonds. The summed E-state index contributed by atoms with van der Waals surface area (Å²) in [6.07, 6.45) is 1.06. The lowest BCUT2D eigenvalue weighted by Gasteiger charge is -2.11. The molecule has 0 spiro atoms. The highest BCUT2D eigenvalue weighted by atomic mass is 32.1. The van der Waals surface area contributed by atoms with E-state index in [1.807, 2.05) is 6.92 Å². The Morgan fingerprint density at radius 3 is 2.59 bits per heavy atom. The van der Waals surface area contributed by atoms with Gasteiger partial charge in [-0.05, 0) is 12.8 Å². The quantitative estimate of drug-likeness (QED) is 0.733. The lowest BCUT2D eigenvalue weighted by molar-refractivity contribution is -0.139. The molecule has 1 unspecified atom stereocenters. The van der Waals surface area contributed by atoms with E-state index in [2.05, 4.69) is 20.8 Å². The SMILES string of the molecule is CCc1nnc(NC(=O)NC(CC)C(=O)O)s1. The van der Waals surface area contributed by atoms with Crippen LogP contribution in [0.15, 0.2) is 0 Å². The fourth-order valence-electron chi connectivity index (χ4n) is 1.08. The van der Waals surface area contributed by atoms with E-state index in [-0.39, 0.29) is 0 Å². The van der Waals surface area contributed by atoms with Gasteiger partial charge in [-0.3, -0.25) is 5.32 Å². The molecule has 1 rings (SSSR count). The second kappa shape index (κ2) is 6.14. The number of hydrogen-bond acceptors (Lipinski definition) is 5. The summed E-state index contributed by atoms with van der Waals surface area (Å²) in [4.78, 5) is 22.1. The molecule has 0 aromatic carbocycles. The van der Waals surface area contributed by atoms with Crippen LogP contribution in [-0.2, 0) is 11.2 Å². The molecule has 0 saturated carbocycles. The number of nitrogens with one attached hydrogen (secondary N) is 2. The number of rotatable bonds is 5. The van der Waals surface area contributed by atoms with E-state index < -0.39 is 18.0 Å². The molecular weight excluding hydrogens is 244 g/mol. The number of amides is 2. The Bertz CT molecular complexity index is 407. The van der Waals surface area contributed by atoms with Crippen LogP contribution in [0.2, 0.25) is 0 Å². The third-order valence-corrected chi connectivity index (χ3v) is 2.98. The van der Waals surface area contributed by atoms with Gasteiger partial charge in [0.15, 0.2) is 0 Å². The standard InChI is InChI=1S/C9H14N4O3S/c1-3-5(7(14)15)10-8(16)11-9-13-12-6(4-2)17-9/h5H,3-4H2,1-2H3,(H,14,15)(H2,10,11,13,16). The Hall–Kier alpha value is -1.70. The van der Waals surface area contributed by atoms with Crippen molar-refractivity contribution in [1.29, 1.82) is 0 Å². The van der Waals surface area contributed by atoms with Crippen molar-refractivity contribution in [3.8, 4) is 0 Å². The molecule has 0 aliphatic carbocycles. The van der Waals surface area contributed by atoms with Gasteiger partial charge in [-0.25, -0.2) is 9.59 Å². The van der Waals surface area contributed by atoms with Crippen molar-refractivity contribution < 1.29 is 14.7 Å². The summed E-state index contributed by atoms with van der Waals surface area (Å²) in [5.74, 6) is -1.06. The Morgan fingerprint density at radius 2 is 2.12 bits per heavy atom. The lowest BCUT2D eigenvalue weighted by Crippen LogP contribution is -2.42. The highest BCUT2D eigenvalue weighted by Crippen LogP contribution is 2.14. The molecule has 0 saturated heterocycles. The van der Waals surface area contributed by atoms with Crippen molar-refractivity contribution >= 4 is 28.5 Å².